The molecule has 1 aliphatic rings. The second kappa shape index (κ2) is 4.75. The van der Waals surface area contributed by atoms with Gasteiger partial charge in [0.2, 0.25) is 5.75 Å². The number of H-pyrrole nitrogens is 1. The highest BCUT2D eigenvalue weighted by Crippen LogP contribution is 2.04. The first kappa shape index (κ1) is 10.6. The summed E-state index contributed by atoms with van der Waals surface area (Å²) in [6.07, 6.45) is 0.809. The van der Waals surface area contributed by atoms with Crippen molar-refractivity contribution in [2.75, 3.05) is 26.3 Å². The third kappa shape index (κ3) is 2.37. The summed E-state index contributed by atoms with van der Waals surface area (Å²) in [7, 11) is 0. The van der Waals surface area contributed by atoms with E-state index in [1.165, 1.54) is 17.2 Å². The molecule has 0 spiro atoms. The Morgan fingerprint density at radius 3 is 2.94 bits per heavy atom. The van der Waals surface area contributed by atoms with Gasteiger partial charge in [0.1, 0.15) is 0 Å². The Labute approximate surface area is 91.0 Å². The van der Waals surface area contributed by atoms with Crippen LogP contribution < -0.4 is 10.3 Å². The van der Waals surface area contributed by atoms with Gasteiger partial charge in [-0.1, -0.05) is 0 Å². The van der Waals surface area contributed by atoms with Gasteiger partial charge in [0.15, 0.2) is 0 Å². The lowest BCUT2D eigenvalue weighted by molar-refractivity contribution is 0.0414. The Morgan fingerprint density at radius 2 is 2.25 bits per heavy atom. The summed E-state index contributed by atoms with van der Waals surface area (Å²) in [6, 6.07) is 1.34. The lowest BCUT2D eigenvalue weighted by Gasteiger charge is -2.25. The Hall–Kier alpha value is -1.89. The molecule has 86 valence electrons. The van der Waals surface area contributed by atoms with Crippen molar-refractivity contribution in [2.45, 2.75) is 0 Å². The zero-order valence-corrected chi connectivity index (χ0v) is 8.51. The number of nitrogens with one attached hydrogen (secondary N) is 1. The van der Waals surface area contributed by atoms with Crippen molar-refractivity contribution in [1.82, 2.24) is 15.1 Å². The standard InChI is InChI=1S/C9H11N3O4/c13-8-7(1-2-10-11-8)16-9(14)12-3-5-15-6-4-12/h1-2H,3-6H2,(H,11,13). The Bertz CT molecular complexity index is 425. The zero-order valence-electron chi connectivity index (χ0n) is 8.51. The minimum Gasteiger partial charge on any atom is -0.404 e. The molecule has 0 aromatic carbocycles. The van der Waals surface area contributed by atoms with Crippen LogP contribution in [0, 0.1) is 0 Å². The van der Waals surface area contributed by atoms with Crippen LogP contribution in [0.3, 0.4) is 0 Å². The second-order valence-corrected chi connectivity index (χ2v) is 3.22. The van der Waals surface area contributed by atoms with E-state index in [1.54, 1.807) is 0 Å². The van der Waals surface area contributed by atoms with E-state index in [-0.39, 0.29) is 5.75 Å². The van der Waals surface area contributed by atoms with Crippen molar-refractivity contribution < 1.29 is 14.3 Å². The Kier molecular flexibility index (Phi) is 3.16. The van der Waals surface area contributed by atoms with Crippen molar-refractivity contribution in [2.24, 2.45) is 0 Å². The average Bonchev–Trinajstić information content (AvgIpc) is 2.33. The largest absolute Gasteiger partial charge is 0.415 e. The predicted molar refractivity (Wildman–Crippen MR) is 53.3 cm³/mol. The van der Waals surface area contributed by atoms with Gasteiger partial charge in [0.25, 0.3) is 0 Å². The lowest BCUT2D eigenvalue weighted by atomic mass is 10.4. The summed E-state index contributed by atoms with van der Waals surface area (Å²) in [4.78, 5) is 24.3. The molecule has 7 nitrogen and oxygen atoms in total. The van der Waals surface area contributed by atoms with E-state index < -0.39 is 11.7 Å². The first-order valence-corrected chi connectivity index (χ1v) is 4.85. The van der Waals surface area contributed by atoms with E-state index in [4.69, 9.17) is 9.47 Å². The molecule has 1 aliphatic heterocycles. The van der Waals surface area contributed by atoms with Crippen LogP contribution >= 0.6 is 0 Å². The molecular formula is C9H11N3O4. The predicted octanol–water partition coefficient (Wildman–Crippen LogP) is -0.399. The van der Waals surface area contributed by atoms with Gasteiger partial charge in [-0.25, -0.2) is 9.89 Å². The number of morpholine rings is 1. The molecule has 0 radical (unpaired) electrons. The first-order valence-electron chi connectivity index (χ1n) is 4.85. The molecule has 2 heterocycles. The summed E-state index contributed by atoms with van der Waals surface area (Å²) < 4.78 is 10.0. The molecule has 1 aromatic rings. The number of aromatic amines is 1. The Morgan fingerprint density at radius 1 is 1.50 bits per heavy atom. The zero-order chi connectivity index (χ0) is 11.4. The normalized spacial score (nSPS) is 15.9. The molecule has 1 saturated heterocycles. The van der Waals surface area contributed by atoms with Gasteiger partial charge in [0, 0.05) is 19.2 Å². The SMILES string of the molecule is O=C(Oc1ccn[nH]c1=O)N1CCOCC1. The van der Waals surface area contributed by atoms with Gasteiger partial charge < -0.3 is 14.4 Å². The fourth-order valence-electron chi connectivity index (χ4n) is 1.32. The van der Waals surface area contributed by atoms with E-state index >= 15 is 0 Å². The monoisotopic (exact) mass is 225 g/mol. The number of aromatic nitrogens is 2. The van der Waals surface area contributed by atoms with Crippen LogP contribution in [-0.2, 0) is 4.74 Å². The first-order chi connectivity index (χ1) is 7.77. The Balaban J connectivity index is 2.01. The number of rotatable bonds is 1. The maximum absolute atomic E-state index is 11.6. The smallest absolute Gasteiger partial charge is 0.404 e. The quantitative estimate of drug-likeness (QED) is 0.703. The van der Waals surface area contributed by atoms with Crippen molar-refractivity contribution in [3.05, 3.63) is 22.6 Å². The van der Waals surface area contributed by atoms with Crippen molar-refractivity contribution in [1.29, 1.82) is 0 Å². The van der Waals surface area contributed by atoms with Gasteiger partial charge >= 0.3 is 11.7 Å². The van der Waals surface area contributed by atoms with E-state index in [1.807, 2.05) is 0 Å². The van der Waals surface area contributed by atoms with Gasteiger partial charge in [-0.2, -0.15) is 5.10 Å². The van der Waals surface area contributed by atoms with Gasteiger partial charge in [-0.3, -0.25) is 4.79 Å². The molecule has 7 heteroatoms. The van der Waals surface area contributed by atoms with Crippen LogP contribution in [0.1, 0.15) is 0 Å². The molecule has 1 fully saturated rings. The van der Waals surface area contributed by atoms with E-state index in [9.17, 15) is 9.59 Å². The van der Waals surface area contributed by atoms with Crippen molar-refractivity contribution in [3.63, 3.8) is 0 Å². The topological polar surface area (TPSA) is 84.5 Å². The number of ether oxygens (including phenoxy) is 2. The molecule has 1 aromatic heterocycles. The van der Waals surface area contributed by atoms with Crippen molar-refractivity contribution >= 4 is 6.09 Å². The number of carbonyl (C=O) groups is 1. The van der Waals surface area contributed by atoms with Gasteiger partial charge in [-0.15, -0.1) is 0 Å². The molecule has 0 unspecified atom stereocenters. The second-order valence-electron chi connectivity index (χ2n) is 3.22. The number of amides is 1. The molecule has 0 bridgehead atoms. The van der Waals surface area contributed by atoms with E-state index in [0.29, 0.717) is 26.3 Å². The third-order valence-electron chi connectivity index (χ3n) is 2.16. The van der Waals surface area contributed by atoms with Crippen LogP contribution in [-0.4, -0.2) is 47.5 Å². The fraction of sp³-hybridized carbons (Fsp3) is 0.444. The average molecular weight is 225 g/mol. The van der Waals surface area contributed by atoms with Crippen LogP contribution in [0.15, 0.2) is 17.1 Å². The molecular weight excluding hydrogens is 214 g/mol. The number of carbonyl (C=O) groups excluding carboxylic acids is 1. The maximum atomic E-state index is 11.6. The highest BCUT2D eigenvalue weighted by atomic mass is 16.6. The number of nitrogens with zero attached hydrogens (tertiary/aromatic N) is 2. The fourth-order valence-corrected chi connectivity index (χ4v) is 1.32. The summed E-state index contributed by atoms with van der Waals surface area (Å²) >= 11 is 0. The molecule has 1 amide bonds. The highest BCUT2D eigenvalue weighted by molar-refractivity contribution is 5.70. The number of hydrogen-bond acceptors (Lipinski definition) is 5. The maximum Gasteiger partial charge on any atom is 0.415 e. The molecule has 16 heavy (non-hydrogen) atoms. The van der Waals surface area contributed by atoms with Crippen LogP contribution in [0.4, 0.5) is 4.79 Å². The van der Waals surface area contributed by atoms with Gasteiger partial charge in [-0.05, 0) is 0 Å². The summed E-state index contributed by atoms with van der Waals surface area (Å²) in [5, 5.41) is 5.68. The summed E-state index contributed by atoms with van der Waals surface area (Å²) in [6.45, 7) is 1.92. The minimum absolute atomic E-state index is 0.0495. The molecule has 0 saturated carbocycles. The van der Waals surface area contributed by atoms with Crippen molar-refractivity contribution in [3.8, 4) is 5.75 Å². The third-order valence-corrected chi connectivity index (χ3v) is 2.16. The molecule has 0 atom stereocenters. The minimum atomic E-state index is -0.542. The molecule has 0 aliphatic carbocycles. The molecule has 2 rings (SSSR count). The van der Waals surface area contributed by atoms with Gasteiger partial charge in [0.05, 0.1) is 19.4 Å². The molecule has 1 N–H and O–H groups in total. The van der Waals surface area contributed by atoms with Crippen LogP contribution in [0.2, 0.25) is 0 Å². The summed E-state index contributed by atoms with van der Waals surface area (Å²) in [5.74, 6) is -0.0495. The highest BCUT2D eigenvalue weighted by Gasteiger charge is 2.19. The van der Waals surface area contributed by atoms with Crippen LogP contribution in [0.5, 0.6) is 5.75 Å². The van der Waals surface area contributed by atoms with Crippen LogP contribution in [0.25, 0.3) is 0 Å². The van der Waals surface area contributed by atoms with E-state index in [2.05, 4.69) is 10.2 Å². The lowest BCUT2D eigenvalue weighted by Crippen LogP contribution is -2.42. The van der Waals surface area contributed by atoms with E-state index in [0.717, 1.165) is 0 Å². The summed E-state index contributed by atoms with van der Waals surface area (Å²) in [5.41, 5.74) is -0.524. The number of hydrogen-bond donors (Lipinski definition) is 1.